The molecule has 0 spiro atoms. The lowest BCUT2D eigenvalue weighted by Gasteiger charge is -2.42. The number of rotatable bonds is 2. The quantitative estimate of drug-likeness (QED) is 0.638. The fraction of sp³-hybridized carbons (Fsp3) is 0.769. The second kappa shape index (κ2) is 3.66. The van der Waals surface area contributed by atoms with Crippen LogP contribution in [-0.2, 0) is 4.79 Å². The van der Waals surface area contributed by atoms with Crippen LogP contribution in [0.3, 0.4) is 0 Å². The van der Waals surface area contributed by atoms with Crippen LogP contribution in [-0.4, -0.2) is 22.9 Å². The number of nitrogens with zero attached hydrogens (tertiary/aromatic N) is 1. The van der Waals surface area contributed by atoms with Gasteiger partial charge in [-0.1, -0.05) is 25.5 Å². The molecular formula is C13H21NO. The molecule has 0 saturated carbocycles. The van der Waals surface area contributed by atoms with Crippen molar-refractivity contribution in [2.24, 2.45) is 5.92 Å². The van der Waals surface area contributed by atoms with Crippen LogP contribution >= 0.6 is 0 Å². The van der Waals surface area contributed by atoms with E-state index in [4.69, 9.17) is 0 Å². The Morgan fingerprint density at radius 1 is 1.53 bits per heavy atom. The van der Waals surface area contributed by atoms with Gasteiger partial charge >= 0.3 is 0 Å². The van der Waals surface area contributed by atoms with Crippen molar-refractivity contribution < 1.29 is 4.79 Å². The van der Waals surface area contributed by atoms with Crippen molar-refractivity contribution in [3.63, 3.8) is 0 Å². The van der Waals surface area contributed by atoms with E-state index in [0.29, 0.717) is 11.8 Å². The zero-order valence-electron chi connectivity index (χ0n) is 10.0. The summed E-state index contributed by atoms with van der Waals surface area (Å²) in [4.78, 5) is 13.9. The lowest BCUT2D eigenvalue weighted by atomic mass is 9.79. The minimum atomic E-state index is 0.171. The molecule has 2 nitrogen and oxygen atoms in total. The summed E-state index contributed by atoms with van der Waals surface area (Å²) >= 11 is 0. The summed E-state index contributed by atoms with van der Waals surface area (Å²) in [5.74, 6) is 1.03. The van der Waals surface area contributed by atoms with Crippen molar-refractivity contribution in [3.8, 4) is 0 Å². The first-order valence-electron chi connectivity index (χ1n) is 6.00. The van der Waals surface area contributed by atoms with Gasteiger partial charge in [-0.25, -0.2) is 0 Å². The van der Waals surface area contributed by atoms with Gasteiger partial charge in [0.05, 0.1) is 0 Å². The first-order valence-corrected chi connectivity index (χ1v) is 6.00. The van der Waals surface area contributed by atoms with Gasteiger partial charge in [0.15, 0.2) is 0 Å². The molecule has 2 aliphatic heterocycles. The first-order chi connectivity index (χ1) is 7.03. The fourth-order valence-corrected chi connectivity index (χ4v) is 3.24. The number of hydrogen-bond acceptors (Lipinski definition) is 1. The highest BCUT2D eigenvalue weighted by atomic mass is 16.2. The van der Waals surface area contributed by atoms with Crippen molar-refractivity contribution in [1.29, 1.82) is 0 Å². The Morgan fingerprint density at radius 3 is 2.93 bits per heavy atom. The third kappa shape index (κ3) is 1.82. The first kappa shape index (κ1) is 10.7. The van der Waals surface area contributed by atoms with Crippen LogP contribution in [0.25, 0.3) is 0 Å². The Balaban J connectivity index is 2.25. The van der Waals surface area contributed by atoms with Gasteiger partial charge in [-0.05, 0) is 32.1 Å². The van der Waals surface area contributed by atoms with Gasteiger partial charge in [-0.15, -0.1) is 0 Å². The van der Waals surface area contributed by atoms with Crippen LogP contribution < -0.4 is 0 Å². The molecule has 0 aromatic heterocycles. The van der Waals surface area contributed by atoms with Crippen molar-refractivity contribution in [1.82, 2.24) is 4.90 Å². The minimum Gasteiger partial charge on any atom is -0.333 e. The number of carbonyl (C=O) groups is 1. The van der Waals surface area contributed by atoms with Gasteiger partial charge in [-0.2, -0.15) is 0 Å². The van der Waals surface area contributed by atoms with E-state index < -0.39 is 0 Å². The molecule has 84 valence electrons. The molecule has 0 aliphatic carbocycles. The molecule has 0 unspecified atom stereocenters. The van der Waals surface area contributed by atoms with Gasteiger partial charge in [0.1, 0.15) is 0 Å². The van der Waals surface area contributed by atoms with Crippen LogP contribution in [0.1, 0.15) is 46.5 Å². The SMILES string of the molecule is CC1=CCN2C(=O)CC[C@]2(CC(C)C)C1. The van der Waals surface area contributed by atoms with E-state index in [9.17, 15) is 4.79 Å². The highest BCUT2D eigenvalue weighted by Crippen LogP contribution is 2.42. The van der Waals surface area contributed by atoms with E-state index in [1.54, 1.807) is 0 Å². The lowest BCUT2D eigenvalue weighted by molar-refractivity contribution is -0.131. The Bertz CT molecular complexity index is 306. The standard InChI is InChI=1S/C13H21NO/c1-10(2)8-13-6-4-12(15)14(13)7-5-11(3)9-13/h5,10H,4,6-9H2,1-3H3/t13-/m0/s1. The van der Waals surface area contributed by atoms with Crippen molar-refractivity contribution in [2.45, 2.75) is 52.0 Å². The van der Waals surface area contributed by atoms with Crippen molar-refractivity contribution in [3.05, 3.63) is 11.6 Å². The van der Waals surface area contributed by atoms with Gasteiger partial charge in [0.2, 0.25) is 5.91 Å². The summed E-state index contributed by atoms with van der Waals surface area (Å²) in [6, 6.07) is 0. The topological polar surface area (TPSA) is 20.3 Å². The molecule has 0 aromatic rings. The lowest BCUT2D eigenvalue weighted by Crippen LogP contribution is -2.49. The molecule has 0 bridgehead atoms. The average Bonchev–Trinajstić information content (AvgIpc) is 2.41. The molecule has 0 aromatic carbocycles. The molecule has 0 radical (unpaired) electrons. The molecule has 0 N–H and O–H groups in total. The summed E-state index contributed by atoms with van der Waals surface area (Å²) in [5, 5.41) is 0. The summed E-state index contributed by atoms with van der Waals surface area (Å²) in [7, 11) is 0. The van der Waals surface area contributed by atoms with Gasteiger partial charge in [-0.3, -0.25) is 4.79 Å². The van der Waals surface area contributed by atoms with E-state index in [2.05, 4.69) is 31.7 Å². The number of fused-ring (bicyclic) bond motifs is 1. The fourth-order valence-electron chi connectivity index (χ4n) is 3.24. The predicted molar refractivity (Wildman–Crippen MR) is 61.5 cm³/mol. The molecule has 15 heavy (non-hydrogen) atoms. The van der Waals surface area contributed by atoms with Crippen molar-refractivity contribution >= 4 is 5.91 Å². The Labute approximate surface area is 92.3 Å². The molecule has 2 aliphatic rings. The number of amides is 1. The highest BCUT2D eigenvalue weighted by molar-refractivity contribution is 5.80. The van der Waals surface area contributed by atoms with Crippen molar-refractivity contribution in [2.75, 3.05) is 6.54 Å². The number of carbonyl (C=O) groups excluding carboxylic acids is 1. The largest absolute Gasteiger partial charge is 0.333 e. The second-order valence-corrected chi connectivity index (χ2v) is 5.55. The second-order valence-electron chi connectivity index (χ2n) is 5.55. The van der Waals surface area contributed by atoms with E-state index in [0.717, 1.165) is 32.2 Å². The number of hydrogen-bond donors (Lipinski definition) is 0. The normalized spacial score (nSPS) is 30.8. The Hall–Kier alpha value is -0.790. The van der Waals surface area contributed by atoms with Crippen LogP contribution in [0.15, 0.2) is 11.6 Å². The monoisotopic (exact) mass is 207 g/mol. The molecule has 1 amide bonds. The smallest absolute Gasteiger partial charge is 0.223 e. The average molecular weight is 207 g/mol. The minimum absolute atomic E-state index is 0.171. The van der Waals surface area contributed by atoms with Crippen LogP contribution in [0.5, 0.6) is 0 Å². The zero-order chi connectivity index (χ0) is 11.1. The summed E-state index contributed by atoms with van der Waals surface area (Å²) in [6.07, 6.45) is 6.28. The molecule has 1 atom stereocenters. The summed E-state index contributed by atoms with van der Waals surface area (Å²) in [5.41, 5.74) is 1.63. The van der Waals surface area contributed by atoms with E-state index >= 15 is 0 Å². The molecule has 1 saturated heterocycles. The molecule has 1 fully saturated rings. The van der Waals surface area contributed by atoms with Gasteiger partial charge < -0.3 is 4.90 Å². The predicted octanol–water partition coefficient (Wildman–Crippen LogP) is 2.74. The molecule has 2 heteroatoms. The maximum Gasteiger partial charge on any atom is 0.223 e. The summed E-state index contributed by atoms with van der Waals surface area (Å²) in [6.45, 7) is 7.55. The third-order valence-corrected chi connectivity index (χ3v) is 3.70. The van der Waals surface area contributed by atoms with Crippen LogP contribution in [0, 0.1) is 5.92 Å². The van der Waals surface area contributed by atoms with Gasteiger partial charge in [0, 0.05) is 18.5 Å². The third-order valence-electron chi connectivity index (χ3n) is 3.70. The molecular weight excluding hydrogens is 186 g/mol. The molecule has 2 rings (SSSR count). The summed E-state index contributed by atoms with van der Waals surface area (Å²) < 4.78 is 0. The maximum atomic E-state index is 11.8. The van der Waals surface area contributed by atoms with Gasteiger partial charge in [0.25, 0.3) is 0 Å². The van der Waals surface area contributed by atoms with E-state index in [1.807, 2.05) is 0 Å². The van der Waals surface area contributed by atoms with Crippen LogP contribution in [0.4, 0.5) is 0 Å². The highest BCUT2D eigenvalue weighted by Gasteiger charge is 2.46. The van der Waals surface area contributed by atoms with E-state index in [-0.39, 0.29) is 5.54 Å². The maximum absolute atomic E-state index is 11.8. The Morgan fingerprint density at radius 2 is 2.27 bits per heavy atom. The van der Waals surface area contributed by atoms with E-state index in [1.165, 1.54) is 5.57 Å². The van der Waals surface area contributed by atoms with Crippen LogP contribution in [0.2, 0.25) is 0 Å². The zero-order valence-corrected chi connectivity index (χ0v) is 10.0. The Kier molecular flexibility index (Phi) is 2.61. The molecule has 2 heterocycles.